The summed E-state index contributed by atoms with van der Waals surface area (Å²) in [5, 5.41) is 0. The van der Waals surface area contributed by atoms with Crippen molar-refractivity contribution in [2.75, 3.05) is 0 Å². The number of nitrogens with zero attached hydrogens (tertiary/aromatic N) is 2. The van der Waals surface area contributed by atoms with Gasteiger partial charge in [-0.1, -0.05) is 24.3 Å². The van der Waals surface area contributed by atoms with Crippen LogP contribution in [0.2, 0.25) is 0 Å². The smallest absolute Gasteiger partial charge is 0.258 e. The van der Waals surface area contributed by atoms with Crippen LogP contribution in [0.25, 0.3) is 0 Å². The Morgan fingerprint density at radius 1 is 1.00 bits per heavy atom. The Labute approximate surface area is 158 Å². The van der Waals surface area contributed by atoms with E-state index in [4.69, 9.17) is 0 Å². The summed E-state index contributed by atoms with van der Waals surface area (Å²) in [6.07, 6.45) is 0. The summed E-state index contributed by atoms with van der Waals surface area (Å²) in [7, 11) is 0. The summed E-state index contributed by atoms with van der Waals surface area (Å²) in [6.45, 7) is 8.90. The molecule has 0 radical (unpaired) electrons. The largest absolute Gasteiger partial charge is 0.332 e. The lowest BCUT2D eigenvalue weighted by atomic mass is 9.90. The van der Waals surface area contributed by atoms with E-state index in [1.807, 2.05) is 50.8 Å². The third kappa shape index (κ3) is 2.56. The van der Waals surface area contributed by atoms with Crippen LogP contribution in [0, 0.1) is 5.82 Å². The number of hydrogen-bond donors (Lipinski definition) is 0. The molecule has 0 atom stereocenters. The van der Waals surface area contributed by atoms with Gasteiger partial charge < -0.3 is 9.80 Å². The van der Waals surface area contributed by atoms with Gasteiger partial charge in [-0.05, 0) is 56.5 Å². The summed E-state index contributed by atoms with van der Waals surface area (Å²) in [5.74, 6) is -0.701. The number of carbonyl (C=O) groups excluding carboxylic acids is 2. The molecular weight excluding hydrogens is 343 g/mol. The number of amides is 2. The lowest BCUT2D eigenvalue weighted by molar-refractivity contribution is 0.0564. The second-order valence-corrected chi connectivity index (χ2v) is 8.12. The average Bonchev–Trinajstić information content (AvgIpc) is 3.14. The molecule has 2 aromatic rings. The van der Waals surface area contributed by atoms with Crippen molar-refractivity contribution >= 4 is 11.8 Å². The van der Waals surface area contributed by atoms with Crippen LogP contribution in [0.15, 0.2) is 36.4 Å². The SMILES string of the molecule is CC(C)N1Cc2cc(C(C)(C)N3Cc4cccc(F)c4C3=O)ccc2C1=O. The molecule has 0 saturated heterocycles. The van der Waals surface area contributed by atoms with Crippen LogP contribution in [-0.4, -0.2) is 27.7 Å². The first-order valence-electron chi connectivity index (χ1n) is 9.25. The highest BCUT2D eigenvalue weighted by Crippen LogP contribution is 2.38. The second-order valence-electron chi connectivity index (χ2n) is 8.12. The molecule has 27 heavy (non-hydrogen) atoms. The lowest BCUT2D eigenvalue weighted by Crippen LogP contribution is -2.41. The van der Waals surface area contributed by atoms with Crippen molar-refractivity contribution in [2.45, 2.75) is 52.4 Å². The van der Waals surface area contributed by atoms with Crippen LogP contribution in [0.1, 0.15) is 65.1 Å². The zero-order valence-electron chi connectivity index (χ0n) is 16.0. The summed E-state index contributed by atoms with van der Waals surface area (Å²) < 4.78 is 14.2. The predicted octanol–water partition coefficient (Wildman–Crippen LogP) is 4.08. The van der Waals surface area contributed by atoms with Gasteiger partial charge in [0.1, 0.15) is 5.82 Å². The van der Waals surface area contributed by atoms with Crippen LogP contribution >= 0.6 is 0 Å². The molecular formula is C22H23FN2O2. The minimum atomic E-state index is -0.619. The third-order valence-corrected chi connectivity index (χ3v) is 5.83. The summed E-state index contributed by atoms with van der Waals surface area (Å²) in [5.41, 5.74) is 2.93. The molecule has 2 aliphatic heterocycles. The van der Waals surface area contributed by atoms with E-state index in [2.05, 4.69) is 0 Å². The van der Waals surface area contributed by atoms with Crippen LogP contribution < -0.4 is 0 Å². The standard InChI is InChI=1S/C22H23FN2O2/c1-13(2)24-11-15-10-16(8-9-17(15)20(24)26)22(3,4)25-12-14-6-5-7-18(23)19(14)21(25)27/h5-10,13H,11-12H2,1-4H3. The van der Waals surface area contributed by atoms with E-state index >= 15 is 0 Å². The molecule has 2 aliphatic rings. The van der Waals surface area contributed by atoms with Crippen molar-refractivity contribution in [3.63, 3.8) is 0 Å². The van der Waals surface area contributed by atoms with Gasteiger partial charge in [0.25, 0.3) is 11.8 Å². The summed E-state index contributed by atoms with van der Waals surface area (Å²) >= 11 is 0. The van der Waals surface area contributed by atoms with Gasteiger partial charge in [0.2, 0.25) is 0 Å². The Morgan fingerprint density at radius 2 is 1.74 bits per heavy atom. The van der Waals surface area contributed by atoms with Crippen molar-refractivity contribution in [1.82, 2.24) is 9.80 Å². The van der Waals surface area contributed by atoms with Gasteiger partial charge in [-0.3, -0.25) is 9.59 Å². The van der Waals surface area contributed by atoms with Gasteiger partial charge in [-0.25, -0.2) is 4.39 Å². The molecule has 0 saturated carbocycles. The molecule has 0 unspecified atom stereocenters. The maximum absolute atomic E-state index is 14.2. The molecule has 0 N–H and O–H groups in total. The number of hydrogen-bond acceptors (Lipinski definition) is 2. The normalized spacial score (nSPS) is 16.4. The Kier molecular flexibility index (Phi) is 3.88. The number of benzene rings is 2. The second kappa shape index (κ2) is 5.91. The van der Waals surface area contributed by atoms with Crippen molar-refractivity contribution in [3.8, 4) is 0 Å². The monoisotopic (exact) mass is 366 g/mol. The molecule has 2 aromatic carbocycles. The first-order chi connectivity index (χ1) is 12.7. The van der Waals surface area contributed by atoms with Gasteiger partial charge >= 0.3 is 0 Å². The highest BCUT2D eigenvalue weighted by molar-refractivity contribution is 6.00. The lowest BCUT2D eigenvalue weighted by Gasteiger charge is -2.36. The van der Waals surface area contributed by atoms with E-state index in [0.29, 0.717) is 13.1 Å². The minimum Gasteiger partial charge on any atom is -0.332 e. The maximum atomic E-state index is 14.2. The van der Waals surface area contributed by atoms with Crippen LogP contribution in [0.4, 0.5) is 4.39 Å². The van der Waals surface area contributed by atoms with Crippen molar-refractivity contribution in [3.05, 3.63) is 70.0 Å². The molecule has 2 heterocycles. The highest BCUT2D eigenvalue weighted by atomic mass is 19.1. The number of halogens is 1. The van der Waals surface area contributed by atoms with E-state index in [9.17, 15) is 14.0 Å². The molecule has 140 valence electrons. The molecule has 0 aliphatic carbocycles. The molecule has 0 bridgehead atoms. The fourth-order valence-electron chi connectivity index (χ4n) is 4.07. The topological polar surface area (TPSA) is 40.6 Å². The van der Waals surface area contributed by atoms with E-state index in [1.54, 1.807) is 17.0 Å². The summed E-state index contributed by atoms with van der Waals surface area (Å²) in [6, 6.07) is 10.7. The zero-order valence-corrected chi connectivity index (χ0v) is 16.0. The average molecular weight is 366 g/mol. The highest BCUT2D eigenvalue weighted by Gasteiger charge is 2.41. The Morgan fingerprint density at radius 3 is 2.41 bits per heavy atom. The van der Waals surface area contributed by atoms with Crippen molar-refractivity contribution in [1.29, 1.82) is 0 Å². The predicted molar refractivity (Wildman–Crippen MR) is 101 cm³/mol. The van der Waals surface area contributed by atoms with E-state index < -0.39 is 11.4 Å². The number of carbonyl (C=O) groups is 2. The number of rotatable bonds is 3. The number of fused-ring (bicyclic) bond motifs is 2. The Hall–Kier alpha value is -2.69. The van der Waals surface area contributed by atoms with Crippen LogP contribution in [0.3, 0.4) is 0 Å². The van der Waals surface area contributed by atoms with Crippen molar-refractivity contribution in [2.24, 2.45) is 0 Å². The van der Waals surface area contributed by atoms with Gasteiger partial charge in [0, 0.05) is 24.7 Å². The van der Waals surface area contributed by atoms with Gasteiger partial charge in [-0.15, -0.1) is 0 Å². The molecule has 4 nitrogen and oxygen atoms in total. The van der Waals surface area contributed by atoms with Crippen LogP contribution in [-0.2, 0) is 18.6 Å². The molecule has 2 amide bonds. The van der Waals surface area contributed by atoms with Crippen molar-refractivity contribution < 1.29 is 14.0 Å². The quantitative estimate of drug-likeness (QED) is 0.821. The third-order valence-electron chi connectivity index (χ3n) is 5.83. The zero-order chi connectivity index (χ0) is 19.5. The fourth-order valence-corrected chi connectivity index (χ4v) is 4.07. The molecule has 4 rings (SSSR count). The molecule has 5 heteroatoms. The van der Waals surface area contributed by atoms with E-state index in [-0.39, 0.29) is 23.4 Å². The maximum Gasteiger partial charge on any atom is 0.258 e. The van der Waals surface area contributed by atoms with Gasteiger partial charge in [-0.2, -0.15) is 0 Å². The molecule has 0 spiro atoms. The van der Waals surface area contributed by atoms with Gasteiger partial charge in [0.05, 0.1) is 11.1 Å². The Balaban J connectivity index is 1.69. The van der Waals surface area contributed by atoms with E-state index in [1.165, 1.54) is 6.07 Å². The first kappa shape index (κ1) is 17.7. The molecule has 0 fully saturated rings. The van der Waals surface area contributed by atoms with Crippen LogP contribution in [0.5, 0.6) is 0 Å². The van der Waals surface area contributed by atoms with Gasteiger partial charge in [0.15, 0.2) is 0 Å². The molecule has 0 aromatic heterocycles. The Bertz CT molecular complexity index is 965. The fraction of sp³-hybridized carbons (Fsp3) is 0.364. The first-order valence-corrected chi connectivity index (χ1v) is 9.25. The van der Waals surface area contributed by atoms with E-state index in [0.717, 1.165) is 22.3 Å². The summed E-state index contributed by atoms with van der Waals surface area (Å²) in [4.78, 5) is 29.0. The minimum absolute atomic E-state index is 0.0519.